The molecule has 1 atom stereocenters. The summed E-state index contributed by atoms with van der Waals surface area (Å²) >= 11 is 0. The fourth-order valence-electron chi connectivity index (χ4n) is 2.36. The predicted molar refractivity (Wildman–Crippen MR) is 77.7 cm³/mol. The van der Waals surface area contributed by atoms with E-state index in [9.17, 15) is 4.79 Å². The number of rotatable bonds is 3. The van der Waals surface area contributed by atoms with E-state index in [0.717, 1.165) is 17.0 Å². The predicted octanol–water partition coefficient (Wildman–Crippen LogP) is 2.11. The number of carbonyl (C=O) groups excluding carboxylic acids is 1. The molecule has 4 heteroatoms. The largest absolute Gasteiger partial charge is 0.482 e. The van der Waals surface area contributed by atoms with Crippen LogP contribution in [-0.4, -0.2) is 19.1 Å². The molecule has 0 bridgehead atoms. The van der Waals surface area contributed by atoms with Gasteiger partial charge in [-0.3, -0.25) is 4.79 Å². The molecule has 0 fully saturated rings. The zero-order valence-corrected chi connectivity index (χ0v) is 11.0. The highest BCUT2D eigenvalue weighted by Crippen LogP contribution is 2.32. The summed E-state index contributed by atoms with van der Waals surface area (Å²) in [5.41, 5.74) is 8.02. The van der Waals surface area contributed by atoms with Gasteiger partial charge in [0.25, 0.3) is 5.91 Å². The molecule has 0 aliphatic carbocycles. The van der Waals surface area contributed by atoms with Crippen molar-refractivity contribution in [2.24, 2.45) is 5.73 Å². The Bertz CT molecular complexity index is 613. The van der Waals surface area contributed by atoms with Crippen molar-refractivity contribution in [3.8, 4) is 5.75 Å². The number of hydrogen-bond donors (Lipinski definition) is 1. The number of ether oxygens (including phenoxy) is 1. The standard InChI is InChI=1S/C16H16N2O2/c17-13(12-6-2-1-3-7-12)10-18-14-8-4-5-9-15(14)20-11-16(18)19/h1-9,13H,10-11,17H2. The third-order valence-electron chi connectivity index (χ3n) is 3.42. The van der Waals surface area contributed by atoms with E-state index in [1.807, 2.05) is 54.6 Å². The molecule has 0 spiro atoms. The van der Waals surface area contributed by atoms with Crippen LogP contribution in [0.15, 0.2) is 54.6 Å². The van der Waals surface area contributed by atoms with Crippen molar-refractivity contribution in [2.45, 2.75) is 6.04 Å². The van der Waals surface area contributed by atoms with Crippen LogP contribution in [0.1, 0.15) is 11.6 Å². The highest BCUT2D eigenvalue weighted by atomic mass is 16.5. The summed E-state index contributed by atoms with van der Waals surface area (Å²) in [6, 6.07) is 17.1. The molecular formula is C16H16N2O2. The molecule has 1 amide bonds. The van der Waals surface area contributed by atoms with E-state index in [2.05, 4.69) is 0 Å². The Kier molecular flexibility index (Phi) is 3.39. The van der Waals surface area contributed by atoms with E-state index in [1.165, 1.54) is 0 Å². The van der Waals surface area contributed by atoms with Crippen LogP contribution in [0.2, 0.25) is 0 Å². The number of para-hydroxylation sites is 2. The first-order chi connectivity index (χ1) is 9.75. The Morgan fingerprint density at radius 1 is 1.10 bits per heavy atom. The number of amides is 1. The van der Waals surface area contributed by atoms with E-state index in [0.29, 0.717) is 6.54 Å². The van der Waals surface area contributed by atoms with Gasteiger partial charge in [0.1, 0.15) is 5.75 Å². The Hall–Kier alpha value is -2.33. The van der Waals surface area contributed by atoms with E-state index < -0.39 is 0 Å². The van der Waals surface area contributed by atoms with Crippen molar-refractivity contribution in [1.29, 1.82) is 0 Å². The Balaban J connectivity index is 1.85. The van der Waals surface area contributed by atoms with Crippen LogP contribution in [0.25, 0.3) is 0 Å². The van der Waals surface area contributed by atoms with Gasteiger partial charge in [0.2, 0.25) is 0 Å². The van der Waals surface area contributed by atoms with Gasteiger partial charge in [0, 0.05) is 12.6 Å². The Morgan fingerprint density at radius 3 is 2.60 bits per heavy atom. The molecule has 1 aliphatic heterocycles. The number of benzene rings is 2. The van der Waals surface area contributed by atoms with Gasteiger partial charge in [0.15, 0.2) is 6.61 Å². The van der Waals surface area contributed by atoms with Crippen LogP contribution >= 0.6 is 0 Å². The van der Waals surface area contributed by atoms with Gasteiger partial charge < -0.3 is 15.4 Å². The maximum absolute atomic E-state index is 12.1. The molecule has 4 nitrogen and oxygen atoms in total. The van der Waals surface area contributed by atoms with Crippen molar-refractivity contribution >= 4 is 11.6 Å². The summed E-state index contributed by atoms with van der Waals surface area (Å²) in [5, 5.41) is 0. The average molecular weight is 268 g/mol. The second-order valence-electron chi connectivity index (χ2n) is 4.78. The van der Waals surface area contributed by atoms with Crippen molar-refractivity contribution in [2.75, 3.05) is 18.1 Å². The molecule has 0 saturated carbocycles. The molecule has 0 radical (unpaired) electrons. The number of nitrogens with two attached hydrogens (primary N) is 1. The van der Waals surface area contributed by atoms with Gasteiger partial charge in [-0.1, -0.05) is 42.5 Å². The van der Waals surface area contributed by atoms with Crippen molar-refractivity contribution < 1.29 is 9.53 Å². The number of hydrogen-bond acceptors (Lipinski definition) is 3. The van der Waals surface area contributed by atoms with Crippen LogP contribution in [0.5, 0.6) is 5.75 Å². The Morgan fingerprint density at radius 2 is 1.80 bits per heavy atom. The normalized spacial score (nSPS) is 15.4. The minimum Gasteiger partial charge on any atom is -0.482 e. The minimum atomic E-state index is -0.216. The third-order valence-corrected chi connectivity index (χ3v) is 3.42. The molecule has 3 rings (SSSR count). The smallest absolute Gasteiger partial charge is 0.265 e. The highest BCUT2D eigenvalue weighted by molar-refractivity contribution is 5.97. The second kappa shape index (κ2) is 5.35. The lowest BCUT2D eigenvalue weighted by Gasteiger charge is -2.31. The van der Waals surface area contributed by atoms with Crippen LogP contribution in [0.3, 0.4) is 0 Å². The molecule has 2 N–H and O–H groups in total. The quantitative estimate of drug-likeness (QED) is 0.927. The summed E-state index contributed by atoms with van der Waals surface area (Å²) < 4.78 is 5.42. The first kappa shape index (κ1) is 12.7. The van der Waals surface area contributed by atoms with Crippen LogP contribution in [0.4, 0.5) is 5.69 Å². The number of nitrogens with zero attached hydrogens (tertiary/aromatic N) is 1. The first-order valence-corrected chi connectivity index (χ1v) is 6.58. The third kappa shape index (κ3) is 2.38. The maximum atomic E-state index is 12.1. The molecule has 20 heavy (non-hydrogen) atoms. The molecule has 0 saturated heterocycles. The SMILES string of the molecule is NC(CN1C(=O)COc2ccccc21)c1ccccc1. The maximum Gasteiger partial charge on any atom is 0.265 e. The van der Waals surface area contributed by atoms with E-state index in [-0.39, 0.29) is 18.6 Å². The van der Waals surface area contributed by atoms with E-state index in [1.54, 1.807) is 4.90 Å². The number of fused-ring (bicyclic) bond motifs is 1. The molecule has 0 aromatic heterocycles. The Labute approximate surface area is 117 Å². The van der Waals surface area contributed by atoms with E-state index >= 15 is 0 Å². The van der Waals surface area contributed by atoms with E-state index in [4.69, 9.17) is 10.5 Å². The lowest BCUT2D eigenvalue weighted by molar-refractivity contribution is -0.121. The molecule has 1 aliphatic rings. The lowest BCUT2D eigenvalue weighted by Crippen LogP contribution is -2.42. The molecular weight excluding hydrogens is 252 g/mol. The van der Waals surface area contributed by atoms with Gasteiger partial charge in [0.05, 0.1) is 5.69 Å². The number of carbonyl (C=O) groups is 1. The van der Waals surface area contributed by atoms with Gasteiger partial charge in [-0.25, -0.2) is 0 Å². The minimum absolute atomic E-state index is 0.0601. The number of anilines is 1. The van der Waals surface area contributed by atoms with Gasteiger partial charge >= 0.3 is 0 Å². The van der Waals surface area contributed by atoms with Gasteiger partial charge in [-0.05, 0) is 17.7 Å². The molecule has 102 valence electrons. The molecule has 1 heterocycles. The summed E-state index contributed by atoms with van der Waals surface area (Å²) in [6.45, 7) is 0.516. The monoisotopic (exact) mass is 268 g/mol. The fraction of sp³-hybridized carbons (Fsp3) is 0.188. The zero-order chi connectivity index (χ0) is 13.9. The van der Waals surface area contributed by atoms with Crippen molar-refractivity contribution in [1.82, 2.24) is 0 Å². The van der Waals surface area contributed by atoms with Gasteiger partial charge in [-0.2, -0.15) is 0 Å². The summed E-state index contributed by atoms with van der Waals surface area (Å²) in [5.74, 6) is 0.669. The molecule has 1 unspecified atom stereocenters. The van der Waals surface area contributed by atoms with Crippen molar-refractivity contribution in [3.63, 3.8) is 0 Å². The topological polar surface area (TPSA) is 55.6 Å². The molecule has 2 aromatic rings. The highest BCUT2D eigenvalue weighted by Gasteiger charge is 2.26. The second-order valence-corrected chi connectivity index (χ2v) is 4.78. The summed E-state index contributed by atoms with van der Waals surface area (Å²) in [7, 11) is 0. The summed E-state index contributed by atoms with van der Waals surface area (Å²) in [4.78, 5) is 13.8. The van der Waals surface area contributed by atoms with Crippen LogP contribution in [0, 0.1) is 0 Å². The van der Waals surface area contributed by atoms with Gasteiger partial charge in [-0.15, -0.1) is 0 Å². The first-order valence-electron chi connectivity index (χ1n) is 6.58. The summed E-state index contributed by atoms with van der Waals surface area (Å²) in [6.07, 6.45) is 0. The average Bonchev–Trinajstić information content (AvgIpc) is 2.51. The van der Waals surface area contributed by atoms with Crippen molar-refractivity contribution in [3.05, 3.63) is 60.2 Å². The fourth-order valence-corrected chi connectivity index (χ4v) is 2.36. The van der Waals surface area contributed by atoms with Crippen LogP contribution in [-0.2, 0) is 4.79 Å². The zero-order valence-electron chi connectivity index (χ0n) is 11.0. The molecule has 2 aromatic carbocycles. The van der Waals surface area contributed by atoms with Crippen LogP contribution < -0.4 is 15.4 Å². The lowest BCUT2D eigenvalue weighted by atomic mass is 10.1.